The molecule has 1 aromatic carbocycles. The first kappa shape index (κ1) is 11.1. The third-order valence-corrected chi connectivity index (χ3v) is 3.35. The second-order valence-corrected chi connectivity index (χ2v) is 4.80. The molecular weight excluding hydrogens is 194 g/mol. The molecule has 1 fully saturated rings. The molecule has 1 aromatic rings. The average Bonchev–Trinajstić information content (AvgIpc) is 2.24. The molecule has 1 saturated carbocycles. The van der Waals surface area contributed by atoms with Crippen molar-refractivity contribution in [3.8, 4) is 12.3 Å². The fourth-order valence-electron chi connectivity index (χ4n) is 2.27. The number of anilines is 1. The van der Waals surface area contributed by atoms with Gasteiger partial charge >= 0.3 is 0 Å². The molecule has 16 heavy (non-hydrogen) atoms. The summed E-state index contributed by atoms with van der Waals surface area (Å²) < 4.78 is 0. The van der Waals surface area contributed by atoms with Gasteiger partial charge in [0.15, 0.2) is 0 Å². The first-order valence-corrected chi connectivity index (χ1v) is 6.11. The summed E-state index contributed by atoms with van der Waals surface area (Å²) >= 11 is 0. The Labute approximate surface area is 98.3 Å². The van der Waals surface area contributed by atoms with Crippen molar-refractivity contribution in [2.75, 3.05) is 5.32 Å². The molecule has 1 nitrogen and oxygen atoms in total. The molecule has 0 radical (unpaired) electrons. The van der Waals surface area contributed by atoms with Crippen LogP contribution in [0.15, 0.2) is 24.3 Å². The maximum absolute atomic E-state index is 5.38. The van der Waals surface area contributed by atoms with Crippen LogP contribution in [0.2, 0.25) is 0 Å². The van der Waals surface area contributed by atoms with Crippen LogP contribution >= 0.6 is 0 Å². The Morgan fingerprint density at radius 1 is 1.50 bits per heavy atom. The Morgan fingerprint density at radius 3 is 2.94 bits per heavy atom. The molecule has 0 heterocycles. The van der Waals surface area contributed by atoms with E-state index < -0.39 is 0 Å². The van der Waals surface area contributed by atoms with E-state index in [1.807, 2.05) is 18.2 Å². The first-order chi connectivity index (χ1) is 7.78. The van der Waals surface area contributed by atoms with Gasteiger partial charge in [-0.25, -0.2) is 0 Å². The summed E-state index contributed by atoms with van der Waals surface area (Å²) in [5, 5.41) is 3.52. The number of terminal acetylenes is 1. The van der Waals surface area contributed by atoms with Gasteiger partial charge in [-0.15, -0.1) is 6.42 Å². The predicted octanol–water partition coefficient (Wildman–Crippen LogP) is 3.66. The minimum Gasteiger partial charge on any atom is -0.383 e. The van der Waals surface area contributed by atoms with E-state index in [0.717, 1.165) is 17.2 Å². The van der Waals surface area contributed by atoms with Gasteiger partial charge in [-0.2, -0.15) is 0 Å². The fourth-order valence-corrected chi connectivity index (χ4v) is 2.27. The maximum atomic E-state index is 5.38. The zero-order chi connectivity index (χ0) is 11.4. The monoisotopic (exact) mass is 213 g/mol. The van der Waals surface area contributed by atoms with E-state index in [-0.39, 0.29) is 0 Å². The van der Waals surface area contributed by atoms with Gasteiger partial charge in [0.1, 0.15) is 0 Å². The Hall–Kier alpha value is -1.42. The second kappa shape index (κ2) is 5.07. The highest BCUT2D eigenvalue weighted by atomic mass is 14.9. The standard InChI is InChI=1S/C15H19N/c1-3-13-6-5-9-15(11-13)16-12(2)10-14-7-4-8-14/h1,5-6,9,11-12,14,16H,4,7-8,10H2,2H3. The van der Waals surface area contributed by atoms with Crippen molar-refractivity contribution in [1.82, 2.24) is 0 Å². The van der Waals surface area contributed by atoms with Crippen LogP contribution in [0.4, 0.5) is 5.69 Å². The van der Waals surface area contributed by atoms with E-state index in [9.17, 15) is 0 Å². The number of benzene rings is 1. The van der Waals surface area contributed by atoms with Crippen LogP contribution in [-0.2, 0) is 0 Å². The number of hydrogen-bond acceptors (Lipinski definition) is 1. The van der Waals surface area contributed by atoms with Gasteiger partial charge in [0, 0.05) is 17.3 Å². The highest BCUT2D eigenvalue weighted by molar-refractivity contribution is 5.50. The Bertz CT molecular complexity index is 385. The molecule has 1 N–H and O–H groups in total. The molecule has 84 valence electrons. The van der Waals surface area contributed by atoms with Gasteiger partial charge in [0.05, 0.1) is 0 Å². The van der Waals surface area contributed by atoms with Gasteiger partial charge in [-0.3, -0.25) is 0 Å². The minimum atomic E-state index is 0.540. The van der Waals surface area contributed by atoms with E-state index >= 15 is 0 Å². The van der Waals surface area contributed by atoms with Crippen LogP contribution in [0.5, 0.6) is 0 Å². The van der Waals surface area contributed by atoms with E-state index in [1.165, 1.54) is 25.7 Å². The van der Waals surface area contributed by atoms with Crippen molar-refractivity contribution in [2.24, 2.45) is 5.92 Å². The van der Waals surface area contributed by atoms with Gasteiger partial charge in [-0.05, 0) is 37.5 Å². The van der Waals surface area contributed by atoms with Crippen molar-refractivity contribution in [3.63, 3.8) is 0 Å². The summed E-state index contributed by atoms with van der Waals surface area (Å²) in [5.74, 6) is 3.61. The molecule has 0 amide bonds. The molecule has 0 spiro atoms. The zero-order valence-corrected chi connectivity index (χ0v) is 9.87. The molecule has 1 heteroatoms. The average molecular weight is 213 g/mol. The summed E-state index contributed by atoms with van der Waals surface area (Å²) in [6.45, 7) is 2.25. The quantitative estimate of drug-likeness (QED) is 0.753. The van der Waals surface area contributed by atoms with Gasteiger partial charge in [0.25, 0.3) is 0 Å². The zero-order valence-electron chi connectivity index (χ0n) is 9.87. The Kier molecular flexibility index (Phi) is 3.51. The van der Waals surface area contributed by atoms with Gasteiger partial charge in [0.2, 0.25) is 0 Å². The van der Waals surface area contributed by atoms with E-state index in [0.29, 0.717) is 6.04 Å². The summed E-state index contributed by atoms with van der Waals surface area (Å²) in [4.78, 5) is 0. The molecule has 1 aliphatic carbocycles. The lowest BCUT2D eigenvalue weighted by molar-refractivity contribution is 0.286. The minimum absolute atomic E-state index is 0.540. The van der Waals surface area contributed by atoms with Gasteiger partial charge < -0.3 is 5.32 Å². The lowest BCUT2D eigenvalue weighted by Gasteiger charge is -2.28. The fraction of sp³-hybridized carbons (Fsp3) is 0.467. The molecule has 0 aliphatic heterocycles. The van der Waals surface area contributed by atoms with E-state index in [2.05, 4.69) is 24.2 Å². The molecule has 1 aliphatic rings. The molecular formula is C15H19N. The molecule has 0 bridgehead atoms. The van der Waals surface area contributed by atoms with Crippen LogP contribution in [-0.4, -0.2) is 6.04 Å². The lowest BCUT2D eigenvalue weighted by atomic mass is 9.81. The molecule has 0 aromatic heterocycles. The second-order valence-electron chi connectivity index (χ2n) is 4.80. The molecule has 0 saturated heterocycles. The smallest absolute Gasteiger partial charge is 0.0354 e. The Morgan fingerprint density at radius 2 is 2.31 bits per heavy atom. The summed E-state index contributed by atoms with van der Waals surface area (Å²) in [5.41, 5.74) is 2.09. The van der Waals surface area contributed by atoms with Crippen molar-refractivity contribution in [3.05, 3.63) is 29.8 Å². The van der Waals surface area contributed by atoms with Crippen molar-refractivity contribution >= 4 is 5.69 Å². The van der Waals surface area contributed by atoms with Crippen LogP contribution in [0.25, 0.3) is 0 Å². The third kappa shape index (κ3) is 2.79. The van der Waals surface area contributed by atoms with E-state index in [4.69, 9.17) is 6.42 Å². The summed E-state index contributed by atoms with van der Waals surface area (Å²) in [6.07, 6.45) is 10.9. The third-order valence-electron chi connectivity index (χ3n) is 3.35. The number of nitrogens with one attached hydrogen (secondary N) is 1. The largest absolute Gasteiger partial charge is 0.383 e. The van der Waals surface area contributed by atoms with Crippen LogP contribution in [0.1, 0.15) is 38.2 Å². The first-order valence-electron chi connectivity index (χ1n) is 6.11. The molecule has 1 atom stereocenters. The van der Waals surface area contributed by atoms with Crippen LogP contribution in [0, 0.1) is 18.3 Å². The lowest BCUT2D eigenvalue weighted by Crippen LogP contribution is -2.23. The van der Waals surface area contributed by atoms with Crippen LogP contribution in [0.3, 0.4) is 0 Å². The predicted molar refractivity (Wildman–Crippen MR) is 69.4 cm³/mol. The maximum Gasteiger partial charge on any atom is 0.0354 e. The van der Waals surface area contributed by atoms with Gasteiger partial charge in [-0.1, -0.05) is 31.2 Å². The van der Waals surface area contributed by atoms with Crippen molar-refractivity contribution in [2.45, 2.75) is 38.6 Å². The molecule has 2 rings (SSSR count). The Balaban J connectivity index is 1.89. The van der Waals surface area contributed by atoms with Crippen molar-refractivity contribution in [1.29, 1.82) is 0 Å². The normalized spacial score (nSPS) is 17.2. The number of hydrogen-bond donors (Lipinski definition) is 1. The number of rotatable bonds is 4. The SMILES string of the molecule is C#Cc1cccc(NC(C)CC2CCC2)c1. The summed E-state index contributed by atoms with van der Waals surface area (Å²) in [6, 6.07) is 8.63. The topological polar surface area (TPSA) is 12.0 Å². The molecule has 1 unspecified atom stereocenters. The van der Waals surface area contributed by atoms with Crippen molar-refractivity contribution < 1.29 is 0 Å². The van der Waals surface area contributed by atoms with Crippen LogP contribution < -0.4 is 5.32 Å². The van der Waals surface area contributed by atoms with E-state index in [1.54, 1.807) is 0 Å². The highest BCUT2D eigenvalue weighted by Crippen LogP contribution is 2.31. The summed E-state index contributed by atoms with van der Waals surface area (Å²) in [7, 11) is 0. The highest BCUT2D eigenvalue weighted by Gasteiger charge is 2.19.